The molecule has 0 aliphatic rings. The number of pyridine rings is 3. The highest BCUT2D eigenvalue weighted by atomic mass is 16.5. The van der Waals surface area contributed by atoms with Gasteiger partial charge in [0.25, 0.3) is 11.5 Å². The van der Waals surface area contributed by atoms with Crippen molar-refractivity contribution in [1.82, 2.24) is 18.9 Å². The standard InChI is InChI=1S/C26H27N5O4/c1-4-6-7-13-30-22-19(25(33)31-14-9-10-17(3)21(31)28-22)15-20(26(34)35-5-2)23(30)29-24(32)18-11-8-12-27-16-18/h8-12,14-16H,4-7,13H2,1-3H3. The van der Waals surface area contributed by atoms with E-state index in [4.69, 9.17) is 9.72 Å². The summed E-state index contributed by atoms with van der Waals surface area (Å²) >= 11 is 0. The molecule has 0 unspecified atom stereocenters. The second-order valence-electron chi connectivity index (χ2n) is 8.16. The Morgan fingerprint density at radius 2 is 1.94 bits per heavy atom. The average molecular weight is 474 g/mol. The molecule has 9 nitrogen and oxygen atoms in total. The van der Waals surface area contributed by atoms with Crippen LogP contribution in [0.5, 0.6) is 0 Å². The van der Waals surface area contributed by atoms with Crippen molar-refractivity contribution in [2.24, 2.45) is 4.99 Å². The fraction of sp³-hybridized carbons (Fsp3) is 0.308. The van der Waals surface area contributed by atoms with Crippen LogP contribution in [0.25, 0.3) is 16.7 Å². The van der Waals surface area contributed by atoms with E-state index in [1.807, 2.05) is 13.0 Å². The monoisotopic (exact) mass is 473 g/mol. The highest BCUT2D eigenvalue weighted by molar-refractivity contribution is 5.97. The number of hydrogen-bond donors (Lipinski definition) is 0. The lowest BCUT2D eigenvalue weighted by Crippen LogP contribution is -2.33. The van der Waals surface area contributed by atoms with Crippen LogP contribution in [-0.4, -0.2) is 37.4 Å². The van der Waals surface area contributed by atoms with Crippen LogP contribution in [0.15, 0.2) is 58.7 Å². The molecule has 4 heterocycles. The second-order valence-corrected chi connectivity index (χ2v) is 8.16. The van der Waals surface area contributed by atoms with Crippen LogP contribution in [0.2, 0.25) is 0 Å². The number of aromatic nitrogens is 4. The van der Waals surface area contributed by atoms with Crippen molar-refractivity contribution in [3.8, 4) is 0 Å². The summed E-state index contributed by atoms with van der Waals surface area (Å²) in [5.41, 5.74) is 1.82. The number of hydrogen-bond acceptors (Lipinski definition) is 6. The lowest BCUT2D eigenvalue weighted by atomic mass is 10.1. The molecule has 0 fully saturated rings. The molecule has 9 heteroatoms. The topological polar surface area (TPSA) is 108 Å². The van der Waals surface area contributed by atoms with E-state index in [1.165, 1.54) is 16.7 Å². The number of fused-ring (bicyclic) bond motifs is 2. The first-order valence-corrected chi connectivity index (χ1v) is 11.7. The number of carbonyl (C=O) groups is 2. The van der Waals surface area contributed by atoms with Crippen LogP contribution in [0.3, 0.4) is 0 Å². The Labute approximate surface area is 201 Å². The molecule has 35 heavy (non-hydrogen) atoms. The summed E-state index contributed by atoms with van der Waals surface area (Å²) in [6.45, 7) is 6.20. The Balaban J connectivity index is 2.12. The number of unbranched alkanes of at least 4 members (excludes halogenated alkanes) is 2. The van der Waals surface area contributed by atoms with E-state index in [2.05, 4.69) is 16.9 Å². The van der Waals surface area contributed by atoms with Crippen LogP contribution in [0.4, 0.5) is 0 Å². The van der Waals surface area contributed by atoms with Gasteiger partial charge in [-0.05, 0) is 50.1 Å². The van der Waals surface area contributed by atoms with Gasteiger partial charge in [-0.15, -0.1) is 0 Å². The quantitative estimate of drug-likeness (QED) is 0.231. The number of ether oxygens (including phenoxy) is 1. The van der Waals surface area contributed by atoms with E-state index in [-0.39, 0.29) is 34.2 Å². The molecule has 4 aromatic rings. The van der Waals surface area contributed by atoms with Crippen LogP contribution in [-0.2, 0) is 11.3 Å². The predicted molar refractivity (Wildman–Crippen MR) is 131 cm³/mol. The minimum absolute atomic E-state index is 0.0413. The highest BCUT2D eigenvalue weighted by Gasteiger charge is 2.20. The Hall–Kier alpha value is -4.14. The molecule has 0 atom stereocenters. The molecule has 0 aliphatic carbocycles. The highest BCUT2D eigenvalue weighted by Crippen LogP contribution is 2.15. The fourth-order valence-electron chi connectivity index (χ4n) is 3.95. The molecular weight excluding hydrogens is 446 g/mol. The molecule has 0 spiro atoms. The molecule has 0 aromatic carbocycles. The largest absolute Gasteiger partial charge is 0.462 e. The van der Waals surface area contributed by atoms with Gasteiger partial charge < -0.3 is 9.30 Å². The zero-order chi connectivity index (χ0) is 24.9. The molecule has 1 amide bonds. The van der Waals surface area contributed by atoms with Gasteiger partial charge in [0.1, 0.15) is 16.9 Å². The summed E-state index contributed by atoms with van der Waals surface area (Å²) in [6.07, 6.45) is 7.26. The van der Waals surface area contributed by atoms with Crippen LogP contribution in [0, 0.1) is 6.92 Å². The van der Waals surface area contributed by atoms with Gasteiger partial charge in [-0.1, -0.05) is 25.8 Å². The predicted octanol–water partition coefficient (Wildman–Crippen LogP) is 3.46. The summed E-state index contributed by atoms with van der Waals surface area (Å²) in [7, 11) is 0. The van der Waals surface area contributed by atoms with Crippen LogP contribution in [0.1, 0.15) is 59.4 Å². The van der Waals surface area contributed by atoms with Crippen molar-refractivity contribution in [2.75, 3.05) is 6.61 Å². The van der Waals surface area contributed by atoms with Gasteiger partial charge in [0.15, 0.2) is 5.49 Å². The van der Waals surface area contributed by atoms with Gasteiger partial charge in [0, 0.05) is 25.1 Å². The van der Waals surface area contributed by atoms with E-state index in [0.29, 0.717) is 17.8 Å². The van der Waals surface area contributed by atoms with Crippen LogP contribution < -0.4 is 11.0 Å². The first-order valence-electron chi connectivity index (χ1n) is 11.7. The van der Waals surface area contributed by atoms with E-state index in [0.717, 1.165) is 24.8 Å². The molecule has 0 aliphatic heterocycles. The van der Waals surface area contributed by atoms with Gasteiger partial charge >= 0.3 is 5.97 Å². The Bertz CT molecular complexity index is 1540. The summed E-state index contributed by atoms with van der Waals surface area (Å²) in [5, 5.41) is 0.250. The number of amides is 1. The van der Waals surface area contributed by atoms with Gasteiger partial charge in [-0.3, -0.25) is 19.0 Å². The molecule has 4 rings (SSSR count). The van der Waals surface area contributed by atoms with Crippen molar-refractivity contribution in [3.63, 3.8) is 0 Å². The molecule has 0 saturated heterocycles. The van der Waals surface area contributed by atoms with Gasteiger partial charge in [0.2, 0.25) is 0 Å². The lowest BCUT2D eigenvalue weighted by molar-refractivity contribution is 0.0523. The molecule has 180 valence electrons. The van der Waals surface area contributed by atoms with Gasteiger partial charge in [-0.25, -0.2) is 9.78 Å². The first-order chi connectivity index (χ1) is 17.0. The second kappa shape index (κ2) is 10.4. The van der Waals surface area contributed by atoms with E-state index in [1.54, 1.807) is 42.1 Å². The third-order valence-electron chi connectivity index (χ3n) is 5.70. The lowest BCUT2D eigenvalue weighted by Gasteiger charge is -2.15. The number of aryl methyl sites for hydroxylation is 2. The summed E-state index contributed by atoms with van der Waals surface area (Å²) in [5.74, 6) is -1.22. The van der Waals surface area contributed by atoms with E-state index in [9.17, 15) is 14.4 Å². The summed E-state index contributed by atoms with van der Waals surface area (Å²) in [6, 6.07) is 8.33. The molecule has 4 aromatic heterocycles. The van der Waals surface area contributed by atoms with Crippen LogP contribution >= 0.6 is 0 Å². The maximum Gasteiger partial charge on any atom is 0.341 e. The molecule has 0 bridgehead atoms. The van der Waals surface area contributed by atoms with Crippen molar-refractivity contribution >= 4 is 28.6 Å². The Kier molecular flexibility index (Phi) is 7.14. The Morgan fingerprint density at radius 3 is 2.66 bits per heavy atom. The maximum absolute atomic E-state index is 13.5. The molecule has 0 saturated carbocycles. The number of rotatable bonds is 7. The minimum Gasteiger partial charge on any atom is -0.462 e. The summed E-state index contributed by atoms with van der Waals surface area (Å²) in [4.78, 5) is 52.6. The number of nitrogens with zero attached hydrogens (tertiary/aromatic N) is 5. The average Bonchev–Trinajstić information content (AvgIpc) is 2.86. The molecule has 0 radical (unpaired) electrons. The molecular formula is C26H27N5O4. The zero-order valence-electron chi connectivity index (χ0n) is 20.0. The van der Waals surface area contributed by atoms with Gasteiger partial charge in [0.05, 0.1) is 17.6 Å². The third-order valence-corrected chi connectivity index (χ3v) is 5.70. The smallest absolute Gasteiger partial charge is 0.341 e. The van der Waals surface area contributed by atoms with Gasteiger partial charge in [-0.2, -0.15) is 4.99 Å². The SMILES string of the molecule is CCCCCn1c(=NC(=O)c2cccnc2)c(C(=O)OCC)cc2c(=O)n3cccc(C)c3nc21. The van der Waals surface area contributed by atoms with E-state index < -0.39 is 11.9 Å². The number of esters is 1. The Morgan fingerprint density at radius 1 is 1.11 bits per heavy atom. The zero-order valence-corrected chi connectivity index (χ0v) is 20.0. The van der Waals surface area contributed by atoms with Crippen molar-refractivity contribution in [3.05, 3.63) is 81.5 Å². The maximum atomic E-state index is 13.5. The first kappa shape index (κ1) is 24.0. The third kappa shape index (κ3) is 4.75. The summed E-state index contributed by atoms with van der Waals surface area (Å²) < 4.78 is 8.42. The van der Waals surface area contributed by atoms with Crippen molar-refractivity contribution < 1.29 is 14.3 Å². The molecule has 0 N–H and O–H groups in total. The minimum atomic E-state index is -0.662. The van der Waals surface area contributed by atoms with Crippen molar-refractivity contribution in [1.29, 1.82) is 0 Å². The normalized spacial score (nSPS) is 11.8. The van der Waals surface area contributed by atoms with Crippen molar-refractivity contribution in [2.45, 2.75) is 46.6 Å². The van der Waals surface area contributed by atoms with E-state index >= 15 is 0 Å². The fourth-order valence-corrected chi connectivity index (χ4v) is 3.95. The number of carbonyl (C=O) groups excluding carboxylic acids is 2.